The van der Waals surface area contributed by atoms with Crippen LogP contribution in [0.15, 0.2) is 59.5 Å². The van der Waals surface area contributed by atoms with Crippen molar-refractivity contribution in [2.75, 3.05) is 38.6 Å². The van der Waals surface area contributed by atoms with Crippen molar-refractivity contribution in [3.8, 4) is 16.9 Å². The second kappa shape index (κ2) is 12.3. The van der Waals surface area contributed by atoms with Crippen molar-refractivity contribution in [2.45, 2.75) is 44.6 Å². The third kappa shape index (κ3) is 6.46. The van der Waals surface area contributed by atoms with Gasteiger partial charge in [0, 0.05) is 35.4 Å². The Kier molecular flexibility index (Phi) is 8.74. The Balaban J connectivity index is 1.33. The molecular weight excluding hydrogens is 560 g/mol. The predicted molar refractivity (Wildman–Crippen MR) is 163 cm³/mol. The van der Waals surface area contributed by atoms with E-state index in [2.05, 4.69) is 25.4 Å². The number of anilines is 2. The summed E-state index contributed by atoms with van der Waals surface area (Å²) >= 11 is 6.46. The van der Waals surface area contributed by atoms with Crippen molar-refractivity contribution in [3.05, 3.63) is 65.2 Å². The van der Waals surface area contributed by atoms with Crippen LogP contribution in [0, 0.1) is 6.92 Å². The fourth-order valence-electron chi connectivity index (χ4n) is 5.15. The molecule has 3 aromatic carbocycles. The van der Waals surface area contributed by atoms with Gasteiger partial charge in [0.15, 0.2) is 0 Å². The topological polar surface area (TPSA) is 101 Å². The molecule has 2 heterocycles. The van der Waals surface area contributed by atoms with E-state index in [-0.39, 0.29) is 10.9 Å². The SMILES string of the molecule is COc1ccc(Cl)c(-c2cc(C)c3nc(Nc4ccc(S(=O)(=O)N(CCN5CCCC5)C(C)C)cc4)nnc3c2)c1. The van der Waals surface area contributed by atoms with Crippen LogP contribution < -0.4 is 10.1 Å². The van der Waals surface area contributed by atoms with E-state index < -0.39 is 10.0 Å². The molecule has 0 bridgehead atoms. The number of nitrogens with one attached hydrogen (secondary N) is 1. The molecule has 1 saturated heterocycles. The van der Waals surface area contributed by atoms with Gasteiger partial charge in [0.25, 0.3) is 0 Å². The third-order valence-corrected chi connectivity index (χ3v) is 9.78. The van der Waals surface area contributed by atoms with Crippen LogP contribution in [0.4, 0.5) is 11.6 Å². The maximum absolute atomic E-state index is 13.5. The molecule has 0 saturated carbocycles. The molecule has 216 valence electrons. The molecule has 11 heteroatoms. The fraction of sp³-hybridized carbons (Fsp3) is 0.367. The Labute approximate surface area is 246 Å². The number of likely N-dealkylation sites (tertiary alicyclic amines) is 1. The molecular formula is C30H35ClN6O3S. The van der Waals surface area contributed by atoms with Crippen LogP contribution in [0.3, 0.4) is 0 Å². The minimum Gasteiger partial charge on any atom is -0.497 e. The monoisotopic (exact) mass is 594 g/mol. The van der Waals surface area contributed by atoms with Gasteiger partial charge in [-0.25, -0.2) is 13.4 Å². The van der Waals surface area contributed by atoms with Crippen molar-refractivity contribution in [1.29, 1.82) is 0 Å². The Bertz CT molecular complexity index is 1640. The van der Waals surface area contributed by atoms with Crippen molar-refractivity contribution in [1.82, 2.24) is 24.4 Å². The number of rotatable bonds is 10. The van der Waals surface area contributed by atoms with Crippen LogP contribution in [0.2, 0.25) is 5.02 Å². The summed E-state index contributed by atoms with van der Waals surface area (Å²) in [5.74, 6) is 1.03. The molecule has 9 nitrogen and oxygen atoms in total. The highest BCUT2D eigenvalue weighted by Gasteiger charge is 2.27. The fourth-order valence-corrected chi connectivity index (χ4v) is 7.00. The lowest BCUT2D eigenvalue weighted by Gasteiger charge is -2.28. The quantitative estimate of drug-likeness (QED) is 0.242. The number of fused-ring (bicyclic) bond motifs is 1. The Morgan fingerprint density at radius 1 is 1.05 bits per heavy atom. The van der Waals surface area contributed by atoms with Gasteiger partial charge in [-0.3, -0.25) is 0 Å². The van der Waals surface area contributed by atoms with Crippen LogP contribution in [-0.4, -0.2) is 72.1 Å². The van der Waals surface area contributed by atoms with Crippen LogP contribution >= 0.6 is 11.6 Å². The number of ether oxygens (including phenoxy) is 1. The molecule has 1 fully saturated rings. The first-order valence-corrected chi connectivity index (χ1v) is 15.6. The first-order valence-electron chi connectivity index (χ1n) is 13.8. The van der Waals surface area contributed by atoms with Gasteiger partial charge >= 0.3 is 0 Å². The standard InChI is InChI=1S/C30H35ClN6O3S/c1-20(2)37(16-15-36-13-5-6-14-36)41(38,39)25-10-7-23(8-11-25)32-30-33-29-21(3)17-22(18-28(29)34-35-30)26-19-24(40-4)9-12-27(26)31/h7-12,17-20H,5-6,13-16H2,1-4H3,(H,32,33,35). The highest BCUT2D eigenvalue weighted by Crippen LogP contribution is 2.34. The van der Waals surface area contributed by atoms with Gasteiger partial charge in [-0.15, -0.1) is 10.2 Å². The molecule has 5 rings (SSSR count). The van der Waals surface area contributed by atoms with Gasteiger partial charge < -0.3 is 15.0 Å². The number of aryl methyl sites for hydroxylation is 1. The second-order valence-corrected chi connectivity index (χ2v) is 12.8. The molecule has 0 unspecified atom stereocenters. The molecule has 0 spiro atoms. The van der Waals surface area contributed by atoms with Crippen molar-refractivity contribution in [2.24, 2.45) is 0 Å². The highest BCUT2D eigenvalue weighted by molar-refractivity contribution is 7.89. The molecule has 0 amide bonds. The number of hydrogen-bond acceptors (Lipinski definition) is 8. The minimum atomic E-state index is -3.63. The Hall–Kier alpha value is -3.31. The lowest BCUT2D eigenvalue weighted by atomic mass is 10.0. The summed E-state index contributed by atoms with van der Waals surface area (Å²) < 4.78 is 33.8. The van der Waals surface area contributed by atoms with E-state index >= 15 is 0 Å². The average Bonchev–Trinajstić information content (AvgIpc) is 3.47. The van der Waals surface area contributed by atoms with Gasteiger partial charge in [0.05, 0.1) is 17.5 Å². The smallest absolute Gasteiger partial charge is 0.247 e. The predicted octanol–water partition coefficient (Wildman–Crippen LogP) is 5.90. The van der Waals surface area contributed by atoms with E-state index in [4.69, 9.17) is 16.3 Å². The highest BCUT2D eigenvalue weighted by atomic mass is 35.5. The molecule has 1 aliphatic rings. The minimum absolute atomic E-state index is 0.138. The van der Waals surface area contributed by atoms with Gasteiger partial charge in [0.1, 0.15) is 11.3 Å². The lowest BCUT2D eigenvalue weighted by molar-refractivity contribution is 0.273. The zero-order valence-electron chi connectivity index (χ0n) is 23.8. The van der Waals surface area contributed by atoms with Crippen LogP contribution in [0.25, 0.3) is 22.2 Å². The molecule has 0 radical (unpaired) electrons. The summed E-state index contributed by atoms with van der Waals surface area (Å²) in [5, 5.41) is 12.4. The summed E-state index contributed by atoms with van der Waals surface area (Å²) in [5.41, 5.74) is 4.64. The number of benzene rings is 3. The first-order chi connectivity index (χ1) is 19.7. The van der Waals surface area contributed by atoms with E-state index in [0.29, 0.717) is 40.0 Å². The molecule has 1 aromatic heterocycles. The average molecular weight is 595 g/mol. The van der Waals surface area contributed by atoms with Crippen molar-refractivity contribution >= 4 is 44.3 Å². The molecule has 0 aliphatic carbocycles. The lowest BCUT2D eigenvalue weighted by Crippen LogP contribution is -2.41. The number of nitrogens with zero attached hydrogens (tertiary/aromatic N) is 5. The van der Waals surface area contributed by atoms with Gasteiger partial charge in [-0.2, -0.15) is 4.31 Å². The van der Waals surface area contributed by atoms with Crippen molar-refractivity contribution < 1.29 is 13.2 Å². The number of aromatic nitrogens is 3. The summed E-state index contributed by atoms with van der Waals surface area (Å²) in [4.78, 5) is 7.26. The molecule has 41 heavy (non-hydrogen) atoms. The second-order valence-electron chi connectivity index (χ2n) is 10.5. The van der Waals surface area contributed by atoms with E-state index in [1.807, 2.05) is 45.0 Å². The maximum atomic E-state index is 13.5. The van der Waals surface area contributed by atoms with Crippen LogP contribution in [-0.2, 0) is 10.0 Å². The zero-order valence-corrected chi connectivity index (χ0v) is 25.3. The maximum Gasteiger partial charge on any atom is 0.247 e. The van der Waals surface area contributed by atoms with Gasteiger partial charge in [0.2, 0.25) is 16.0 Å². The molecule has 0 atom stereocenters. The Morgan fingerprint density at radius 2 is 1.78 bits per heavy atom. The van der Waals surface area contributed by atoms with E-state index in [0.717, 1.165) is 36.3 Å². The van der Waals surface area contributed by atoms with Crippen molar-refractivity contribution in [3.63, 3.8) is 0 Å². The summed E-state index contributed by atoms with van der Waals surface area (Å²) in [6, 6.07) is 16.0. The number of hydrogen-bond donors (Lipinski definition) is 1. The summed E-state index contributed by atoms with van der Waals surface area (Å²) in [7, 11) is -2.02. The summed E-state index contributed by atoms with van der Waals surface area (Å²) in [6.07, 6.45) is 2.36. The van der Waals surface area contributed by atoms with E-state index in [9.17, 15) is 8.42 Å². The largest absolute Gasteiger partial charge is 0.497 e. The molecule has 4 aromatic rings. The zero-order chi connectivity index (χ0) is 29.1. The number of halogens is 1. The van der Waals surface area contributed by atoms with E-state index in [1.165, 1.54) is 12.8 Å². The first kappa shape index (κ1) is 29.2. The van der Waals surface area contributed by atoms with Gasteiger partial charge in [-0.05, 0) is 112 Å². The van der Waals surface area contributed by atoms with Crippen LogP contribution in [0.1, 0.15) is 32.3 Å². The molecule has 1 N–H and O–H groups in total. The number of sulfonamides is 1. The Morgan fingerprint density at radius 3 is 2.46 bits per heavy atom. The van der Waals surface area contributed by atoms with E-state index in [1.54, 1.807) is 41.7 Å². The third-order valence-electron chi connectivity index (χ3n) is 7.36. The normalized spacial score (nSPS) is 14.3. The van der Waals surface area contributed by atoms with Gasteiger partial charge in [-0.1, -0.05) is 11.6 Å². The number of methoxy groups -OCH3 is 1. The van der Waals surface area contributed by atoms with Crippen LogP contribution in [0.5, 0.6) is 5.75 Å². The summed E-state index contributed by atoms with van der Waals surface area (Å²) in [6.45, 7) is 9.08. The molecule has 1 aliphatic heterocycles.